The van der Waals surface area contributed by atoms with Crippen molar-refractivity contribution >= 4 is 17.4 Å². The van der Waals surface area contributed by atoms with Crippen molar-refractivity contribution in [2.24, 2.45) is 10.9 Å². The predicted octanol–water partition coefficient (Wildman–Crippen LogP) is 3.70. The lowest BCUT2D eigenvalue weighted by Crippen LogP contribution is -2.44. The largest absolute Gasteiger partial charge is 0.393 e. The summed E-state index contributed by atoms with van der Waals surface area (Å²) in [6, 6.07) is 0.881. The monoisotopic (exact) mass is 442 g/mol. The van der Waals surface area contributed by atoms with Gasteiger partial charge < -0.3 is 20.6 Å². The zero-order valence-electron chi connectivity index (χ0n) is 20.4. The van der Waals surface area contributed by atoms with Gasteiger partial charge in [-0.05, 0) is 70.4 Å². The summed E-state index contributed by atoms with van der Waals surface area (Å²) in [4.78, 5) is 16.7. The molecule has 0 radical (unpaired) electrons. The zero-order valence-corrected chi connectivity index (χ0v) is 20.4. The van der Waals surface area contributed by atoms with E-state index in [1.165, 1.54) is 0 Å². The number of aromatic nitrogens is 2. The van der Waals surface area contributed by atoms with E-state index in [4.69, 9.17) is 9.98 Å². The molecule has 1 unspecified atom stereocenters. The van der Waals surface area contributed by atoms with Crippen LogP contribution in [0.15, 0.2) is 17.8 Å². The van der Waals surface area contributed by atoms with E-state index in [2.05, 4.69) is 40.9 Å². The van der Waals surface area contributed by atoms with Crippen LogP contribution in [0.5, 0.6) is 0 Å². The zero-order chi connectivity index (χ0) is 23.1. The maximum absolute atomic E-state index is 9.97. The molecule has 7 nitrogen and oxygen atoms in total. The summed E-state index contributed by atoms with van der Waals surface area (Å²) in [7, 11) is 3.90. The Morgan fingerprint density at radius 2 is 1.94 bits per heavy atom. The maximum atomic E-state index is 9.97. The average Bonchev–Trinajstić information content (AvgIpc) is 2.81. The van der Waals surface area contributed by atoms with Crippen LogP contribution in [-0.4, -0.2) is 71.2 Å². The molecule has 1 saturated carbocycles. The van der Waals surface area contributed by atoms with E-state index in [0.29, 0.717) is 23.9 Å². The van der Waals surface area contributed by atoms with E-state index < -0.39 is 0 Å². The first-order chi connectivity index (χ1) is 15.5. The fourth-order valence-corrected chi connectivity index (χ4v) is 5.02. The van der Waals surface area contributed by atoms with Crippen molar-refractivity contribution in [3.8, 4) is 0 Å². The second-order valence-corrected chi connectivity index (χ2v) is 9.42. The number of anilines is 1. The summed E-state index contributed by atoms with van der Waals surface area (Å²) in [5, 5.41) is 16.8. The Kier molecular flexibility index (Phi) is 9.05. The SMILES string of the molecule is C=C(c1nc(NC(C)CCC)ncc1/C(=N\C)N1CCC(NC)CC1)[C@H]1CC[C@H](O)CC1. The van der Waals surface area contributed by atoms with Gasteiger partial charge in [0.15, 0.2) is 0 Å². The molecule has 1 saturated heterocycles. The van der Waals surface area contributed by atoms with Crippen molar-refractivity contribution in [2.45, 2.75) is 83.4 Å². The minimum absolute atomic E-state index is 0.183. The predicted molar refractivity (Wildman–Crippen MR) is 133 cm³/mol. The Hall–Kier alpha value is -1.99. The molecule has 2 aliphatic rings. The van der Waals surface area contributed by atoms with Gasteiger partial charge in [-0.3, -0.25) is 4.99 Å². The lowest BCUT2D eigenvalue weighted by Gasteiger charge is -2.35. The molecule has 1 aliphatic heterocycles. The quantitative estimate of drug-likeness (QED) is 0.420. The molecule has 2 fully saturated rings. The Labute approximate surface area is 193 Å². The number of piperidine rings is 1. The molecule has 0 spiro atoms. The summed E-state index contributed by atoms with van der Waals surface area (Å²) < 4.78 is 0. The van der Waals surface area contributed by atoms with Crippen LogP contribution >= 0.6 is 0 Å². The third kappa shape index (κ3) is 6.07. The van der Waals surface area contributed by atoms with Crippen molar-refractivity contribution in [3.05, 3.63) is 24.0 Å². The number of hydrogen-bond donors (Lipinski definition) is 3. The number of nitrogens with zero attached hydrogens (tertiary/aromatic N) is 4. The highest BCUT2D eigenvalue weighted by Crippen LogP contribution is 2.35. The van der Waals surface area contributed by atoms with Crippen LogP contribution in [0.3, 0.4) is 0 Å². The molecule has 2 heterocycles. The van der Waals surface area contributed by atoms with Gasteiger partial charge in [-0.15, -0.1) is 0 Å². The van der Waals surface area contributed by atoms with Crippen LogP contribution in [0.2, 0.25) is 0 Å². The van der Waals surface area contributed by atoms with Gasteiger partial charge in [0, 0.05) is 38.4 Å². The van der Waals surface area contributed by atoms with Gasteiger partial charge in [0.1, 0.15) is 5.84 Å². The first kappa shape index (κ1) is 24.6. The first-order valence-electron chi connectivity index (χ1n) is 12.4. The smallest absolute Gasteiger partial charge is 0.223 e. The van der Waals surface area contributed by atoms with Crippen LogP contribution in [0.25, 0.3) is 5.57 Å². The molecule has 1 aromatic rings. The fourth-order valence-electron chi connectivity index (χ4n) is 5.02. The average molecular weight is 443 g/mol. The minimum atomic E-state index is -0.183. The molecule has 1 aromatic heterocycles. The number of hydrogen-bond acceptors (Lipinski definition) is 6. The highest BCUT2D eigenvalue weighted by Gasteiger charge is 2.28. The van der Waals surface area contributed by atoms with Crippen LogP contribution in [-0.2, 0) is 0 Å². The van der Waals surface area contributed by atoms with E-state index in [1.807, 2.05) is 20.3 Å². The van der Waals surface area contributed by atoms with Gasteiger partial charge in [-0.2, -0.15) is 0 Å². The van der Waals surface area contributed by atoms with Crippen molar-refractivity contribution in [3.63, 3.8) is 0 Å². The van der Waals surface area contributed by atoms with Crippen LogP contribution in [0.4, 0.5) is 5.95 Å². The highest BCUT2D eigenvalue weighted by atomic mass is 16.3. The van der Waals surface area contributed by atoms with Crippen LogP contribution < -0.4 is 10.6 Å². The number of amidine groups is 1. The van der Waals surface area contributed by atoms with Gasteiger partial charge in [-0.1, -0.05) is 19.9 Å². The number of rotatable bonds is 8. The number of aliphatic hydroxyl groups is 1. The summed E-state index contributed by atoms with van der Waals surface area (Å²) in [5.74, 6) is 1.95. The third-order valence-electron chi connectivity index (χ3n) is 7.04. The molecule has 1 aliphatic carbocycles. The van der Waals surface area contributed by atoms with Gasteiger partial charge in [0.25, 0.3) is 0 Å². The molecule has 1 atom stereocenters. The lowest BCUT2D eigenvalue weighted by molar-refractivity contribution is 0.119. The molecule has 0 amide bonds. The van der Waals surface area contributed by atoms with Gasteiger partial charge in [0.05, 0.1) is 17.4 Å². The second-order valence-electron chi connectivity index (χ2n) is 9.42. The Balaban J connectivity index is 1.90. The Morgan fingerprint density at radius 3 is 2.53 bits per heavy atom. The van der Waals surface area contributed by atoms with Crippen molar-refractivity contribution in [1.29, 1.82) is 0 Å². The Bertz CT molecular complexity index is 779. The van der Waals surface area contributed by atoms with Gasteiger partial charge in [-0.25, -0.2) is 9.97 Å². The molecule has 3 N–H and O–H groups in total. The molecular formula is C25H42N6O. The van der Waals surface area contributed by atoms with E-state index in [0.717, 1.165) is 87.1 Å². The van der Waals surface area contributed by atoms with E-state index in [1.54, 1.807) is 0 Å². The number of aliphatic hydroxyl groups excluding tert-OH is 1. The van der Waals surface area contributed by atoms with Crippen molar-refractivity contribution in [2.75, 3.05) is 32.5 Å². The minimum Gasteiger partial charge on any atom is -0.393 e. The summed E-state index contributed by atoms with van der Waals surface area (Å²) in [5.41, 5.74) is 2.93. The van der Waals surface area contributed by atoms with E-state index in [-0.39, 0.29) is 6.10 Å². The van der Waals surface area contributed by atoms with E-state index >= 15 is 0 Å². The highest BCUT2D eigenvalue weighted by molar-refractivity contribution is 6.02. The summed E-state index contributed by atoms with van der Waals surface area (Å²) in [6.45, 7) is 10.8. The molecule has 7 heteroatoms. The second kappa shape index (κ2) is 11.8. The molecule has 0 bridgehead atoms. The topological polar surface area (TPSA) is 85.7 Å². The first-order valence-corrected chi connectivity index (χ1v) is 12.4. The summed E-state index contributed by atoms with van der Waals surface area (Å²) in [6.07, 6.45) is 9.69. The fraction of sp³-hybridized carbons (Fsp3) is 0.720. The number of likely N-dealkylation sites (tertiary alicyclic amines) is 1. The van der Waals surface area contributed by atoms with Crippen molar-refractivity contribution in [1.82, 2.24) is 20.2 Å². The number of aliphatic imine (C=N–C) groups is 1. The third-order valence-corrected chi connectivity index (χ3v) is 7.04. The van der Waals surface area contributed by atoms with Gasteiger partial charge >= 0.3 is 0 Å². The van der Waals surface area contributed by atoms with Crippen LogP contribution in [0, 0.1) is 5.92 Å². The number of allylic oxidation sites excluding steroid dienone is 1. The van der Waals surface area contributed by atoms with Gasteiger partial charge in [0.2, 0.25) is 5.95 Å². The standard InChI is InChI=1S/C25H42N6O/c1-6-7-17(2)29-25-28-16-22(24(27-5)31-14-12-20(26-4)13-15-31)23(30-25)18(3)19-8-10-21(32)11-9-19/h16-17,19-21,26,32H,3,6-15H2,1-2,4-5H3,(H,28,29,30)/b27-24+/t17?,19-,21-. The molecule has 32 heavy (non-hydrogen) atoms. The molecule has 0 aromatic carbocycles. The maximum Gasteiger partial charge on any atom is 0.223 e. The Morgan fingerprint density at radius 1 is 1.25 bits per heavy atom. The van der Waals surface area contributed by atoms with E-state index in [9.17, 15) is 5.11 Å². The molecule has 178 valence electrons. The number of nitrogens with one attached hydrogen (secondary N) is 2. The molecule has 3 rings (SSSR count). The lowest BCUT2D eigenvalue weighted by atomic mass is 9.81. The van der Waals surface area contributed by atoms with Crippen LogP contribution in [0.1, 0.15) is 76.5 Å². The normalized spacial score (nSPS) is 23.8. The summed E-state index contributed by atoms with van der Waals surface area (Å²) >= 11 is 0. The van der Waals surface area contributed by atoms with Crippen molar-refractivity contribution < 1.29 is 5.11 Å². The molecular weight excluding hydrogens is 400 g/mol.